The van der Waals surface area contributed by atoms with E-state index in [1.54, 1.807) is 30.4 Å². The third-order valence-corrected chi connectivity index (χ3v) is 3.65. The number of nitrogens with one attached hydrogen (secondary N) is 1. The molecule has 0 spiro atoms. The summed E-state index contributed by atoms with van der Waals surface area (Å²) in [7, 11) is 0. The Hall–Kier alpha value is -2.34. The molecule has 4 atom stereocenters. The van der Waals surface area contributed by atoms with E-state index in [0.29, 0.717) is 0 Å². The summed E-state index contributed by atoms with van der Waals surface area (Å²) in [5.41, 5.74) is 0.258. The number of carboxylic acid groups (broad SMARTS) is 1. The fourth-order valence-electron chi connectivity index (χ4n) is 2.71. The van der Waals surface area contributed by atoms with Crippen molar-refractivity contribution in [1.82, 2.24) is 0 Å². The van der Waals surface area contributed by atoms with Gasteiger partial charge in [-0.1, -0.05) is 24.3 Å². The van der Waals surface area contributed by atoms with E-state index in [2.05, 4.69) is 5.32 Å². The molecule has 1 aromatic carbocycles. The van der Waals surface area contributed by atoms with Crippen LogP contribution < -0.4 is 5.32 Å². The lowest BCUT2D eigenvalue weighted by Crippen LogP contribution is -2.39. The number of aromatic hydroxyl groups is 1. The predicted molar refractivity (Wildman–Crippen MR) is 69.2 cm³/mol. The molecule has 3 rings (SSSR count). The van der Waals surface area contributed by atoms with Crippen LogP contribution in [0.5, 0.6) is 5.75 Å². The van der Waals surface area contributed by atoms with E-state index in [1.165, 1.54) is 6.07 Å². The van der Waals surface area contributed by atoms with Crippen molar-refractivity contribution in [3.63, 3.8) is 0 Å². The Morgan fingerprint density at radius 2 is 1.75 bits per heavy atom. The molecular formula is C14H13NO5. The van der Waals surface area contributed by atoms with Gasteiger partial charge in [-0.25, -0.2) is 0 Å². The maximum atomic E-state index is 12.3. The highest BCUT2D eigenvalue weighted by Crippen LogP contribution is 2.40. The van der Waals surface area contributed by atoms with Gasteiger partial charge in [-0.15, -0.1) is 0 Å². The number of hydrogen-bond acceptors (Lipinski definition) is 4. The van der Waals surface area contributed by atoms with Crippen LogP contribution in [0.3, 0.4) is 0 Å². The number of carbonyl (C=O) groups is 2. The number of aliphatic carboxylic acids is 1. The molecule has 2 aliphatic heterocycles. The Labute approximate surface area is 114 Å². The molecule has 6 heteroatoms. The van der Waals surface area contributed by atoms with Crippen molar-refractivity contribution in [3.05, 3.63) is 36.4 Å². The molecule has 1 saturated heterocycles. The normalized spacial score (nSPS) is 30.4. The van der Waals surface area contributed by atoms with E-state index in [4.69, 9.17) is 4.74 Å². The number of phenols is 1. The highest BCUT2D eigenvalue weighted by atomic mass is 16.5. The molecule has 0 aliphatic carbocycles. The lowest BCUT2D eigenvalue weighted by molar-refractivity contribution is -0.145. The zero-order valence-corrected chi connectivity index (χ0v) is 10.4. The number of para-hydroxylation sites is 2. The molecular weight excluding hydrogens is 262 g/mol. The van der Waals surface area contributed by atoms with E-state index in [1.807, 2.05) is 0 Å². The SMILES string of the molecule is O=C(O)[C@@H]1[C@H](C(=O)Nc2ccccc2O)[C@@H]2C=C[C@H]1O2. The molecule has 2 aliphatic rings. The van der Waals surface area contributed by atoms with Crippen molar-refractivity contribution in [3.8, 4) is 5.75 Å². The molecule has 104 valence electrons. The molecule has 1 amide bonds. The largest absolute Gasteiger partial charge is 0.506 e. The molecule has 20 heavy (non-hydrogen) atoms. The third-order valence-electron chi connectivity index (χ3n) is 3.65. The summed E-state index contributed by atoms with van der Waals surface area (Å²) in [6.45, 7) is 0. The number of anilines is 1. The van der Waals surface area contributed by atoms with Crippen molar-refractivity contribution < 1.29 is 24.5 Å². The van der Waals surface area contributed by atoms with Crippen LogP contribution in [0.2, 0.25) is 0 Å². The standard InChI is InChI=1S/C14H13NO5/c16-8-4-2-1-3-7(8)15-13(17)11-9-5-6-10(20-9)12(11)14(18)19/h1-6,9-12,16H,(H,15,17)(H,18,19)/t9-,10+,11+,12-/m0/s1. The lowest BCUT2D eigenvalue weighted by Gasteiger charge is -2.21. The molecule has 1 aromatic rings. The van der Waals surface area contributed by atoms with Gasteiger partial charge in [0.25, 0.3) is 0 Å². The van der Waals surface area contributed by atoms with Crippen molar-refractivity contribution in [1.29, 1.82) is 0 Å². The molecule has 0 unspecified atom stereocenters. The minimum Gasteiger partial charge on any atom is -0.506 e. The minimum absolute atomic E-state index is 0.0626. The molecule has 1 fully saturated rings. The van der Waals surface area contributed by atoms with Gasteiger partial charge in [0.1, 0.15) is 11.7 Å². The second-order valence-electron chi connectivity index (χ2n) is 4.85. The van der Waals surface area contributed by atoms with Crippen molar-refractivity contribution in [2.24, 2.45) is 11.8 Å². The van der Waals surface area contributed by atoms with Crippen LogP contribution in [0.15, 0.2) is 36.4 Å². The van der Waals surface area contributed by atoms with E-state index < -0.39 is 35.9 Å². The van der Waals surface area contributed by atoms with Crippen molar-refractivity contribution >= 4 is 17.6 Å². The van der Waals surface area contributed by atoms with E-state index in [-0.39, 0.29) is 11.4 Å². The van der Waals surface area contributed by atoms with Crippen molar-refractivity contribution in [2.45, 2.75) is 12.2 Å². The average molecular weight is 275 g/mol. The molecule has 3 N–H and O–H groups in total. The number of amides is 1. The fraction of sp³-hybridized carbons (Fsp3) is 0.286. The van der Waals surface area contributed by atoms with Gasteiger partial charge < -0.3 is 20.3 Å². The molecule has 0 radical (unpaired) electrons. The first-order chi connectivity index (χ1) is 9.58. The number of carbonyl (C=O) groups excluding carboxylic acids is 1. The first-order valence-electron chi connectivity index (χ1n) is 6.23. The Bertz CT molecular complexity index is 597. The summed E-state index contributed by atoms with van der Waals surface area (Å²) < 4.78 is 5.43. The van der Waals surface area contributed by atoms with Gasteiger partial charge in [-0.2, -0.15) is 0 Å². The lowest BCUT2D eigenvalue weighted by atomic mass is 9.82. The van der Waals surface area contributed by atoms with Crippen LogP contribution in [0, 0.1) is 11.8 Å². The van der Waals surface area contributed by atoms with Crippen LogP contribution in [0.1, 0.15) is 0 Å². The second-order valence-corrected chi connectivity index (χ2v) is 4.85. The van der Waals surface area contributed by atoms with Gasteiger partial charge in [0.15, 0.2) is 0 Å². The number of ether oxygens (including phenoxy) is 1. The van der Waals surface area contributed by atoms with Crippen LogP contribution in [-0.2, 0) is 14.3 Å². The summed E-state index contributed by atoms with van der Waals surface area (Å²) in [5.74, 6) is -3.26. The van der Waals surface area contributed by atoms with Gasteiger partial charge in [-0.3, -0.25) is 9.59 Å². The van der Waals surface area contributed by atoms with Crippen LogP contribution in [0.25, 0.3) is 0 Å². The minimum atomic E-state index is -1.06. The van der Waals surface area contributed by atoms with Crippen molar-refractivity contribution in [2.75, 3.05) is 5.32 Å². The Kier molecular flexibility index (Phi) is 2.94. The van der Waals surface area contributed by atoms with E-state index >= 15 is 0 Å². The summed E-state index contributed by atoms with van der Waals surface area (Å²) >= 11 is 0. The van der Waals surface area contributed by atoms with Gasteiger partial charge in [0, 0.05) is 0 Å². The monoisotopic (exact) mass is 275 g/mol. The molecule has 0 saturated carbocycles. The smallest absolute Gasteiger partial charge is 0.310 e. The zero-order chi connectivity index (χ0) is 14.3. The van der Waals surface area contributed by atoms with Crippen LogP contribution in [-0.4, -0.2) is 34.3 Å². The van der Waals surface area contributed by atoms with Crippen LogP contribution >= 0.6 is 0 Å². The number of fused-ring (bicyclic) bond motifs is 2. The van der Waals surface area contributed by atoms with E-state index in [0.717, 1.165) is 0 Å². The van der Waals surface area contributed by atoms with E-state index in [9.17, 15) is 19.8 Å². The first kappa shape index (κ1) is 12.7. The summed E-state index contributed by atoms with van der Waals surface area (Å²) in [6, 6.07) is 6.30. The quantitative estimate of drug-likeness (QED) is 0.564. The third kappa shape index (κ3) is 1.94. The summed E-state index contributed by atoms with van der Waals surface area (Å²) in [5, 5.41) is 21.4. The number of phenolic OH excluding ortho intramolecular Hbond substituents is 1. The number of carboxylic acids is 1. The van der Waals surface area contributed by atoms with Gasteiger partial charge in [0.05, 0.1) is 23.8 Å². The summed E-state index contributed by atoms with van der Waals surface area (Å²) in [4.78, 5) is 23.6. The molecule has 2 bridgehead atoms. The second kappa shape index (κ2) is 4.64. The molecule has 2 heterocycles. The van der Waals surface area contributed by atoms with Gasteiger partial charge >= 0.3 is 5.97 Å². The average Bonchev–Trinajstić information content (AvgIpc) is 3.01. The maximum Gasteiger partial charge on any atom is 0.310 e. The topological polar surface area (TPSA) is 95.9 Å². The zero-order valence-electron chi connectivity index (χ0n) is 10.4. The first-order valence-corrected chi connectivity index (χ1v) is 6.23. The number of hydrogen-bond donors (Lipinski definition) is 3. The molecule has 6 nitrogen and oxygen atoms in total. The van der Waals surface area contributed by atoms with Gasteiger partial charge in [-0.05, 0) is 12.1 Å². The highest BCUT2D eigenvalue weighted by Gasteiger charge is 2.53. The predicted octanol–water partition coefficient (Wildman–Crippen LogP) is 0.985. The Balaban J connectivity index is 1.82. The summed E-state index contributed by atoms with van der Waals surface area (Å²) in [6.07, 6.45) is 2.30. The fourth-order valence-corrected chi connectivity index (χ4v) is 2.71. The Morgan fingerprint density at radius 3 is 2.40 bits per heavy atom. The number of benzene rings is 1. The maximum absolute atomic E-state index is 12.3. The Morgan fingerprint density at radius 1 is 1.10 bits per heavy atom. The van der Waals surface area contributed by atoms with Crippen LogP contribution in [0.4, 0.5) is 5.69 Å². The highest BCUT2D eigenvalue weighted by molar-refractivity contribution is 5.97. The number of rotatable bonds is 3. The molecule has 0 aromatic heterocycles. The van der Waals surface area contributed by atoms with Gasteiger partial charge in [0.2, 0.25) is 5.91 Å².